The number of halogens is 2. The van der Waals surface area contributed by atoms with Gasteiger partial charge < -0.3 is 28.8 Å². The van der Waals surface area contributed by atoms with Crippen LogP contribution in [0.5, 0.6) is 23.0 Å². The minimum absolute atomic E-state index is 0. The number of pyridine rings is 2. The predicted molar refractivity (Wildman–Crippen MR) is 151 cm³/mol. The largest absolute Gasteiger partial charge is 0.493 e. The maximum atomic E-state index is 13.4. The molecule has 0 amide bonds. The number of rotatable bonds is 7. The van der Waals surface area contributed by atoms with Crippen molar-refractivity contribution in [2.24, 2.45) is 0 Å². The highest BCUT2D eigenvalue weighted by atomic mass is 35.5. The van der Waals surface area contributed by atoms with Crippen molar-refractivity contribution < 1.29 is 18.9 Å². The maximum absolute atomic E-state index is 13.4. The Kier molecular flexibility index (Phi) is 8.66. The van der Waals surface area contributed by atoms with Crippen molar-refractivity contribution in [3.05, 3.63) is 57.5 Å². The molecule has 0 spiro atoms. The van der Waals surface area contributed by atoms with Crippen molar-refractivity contribution in [2.45, 2.75) is 26.2 Å². The summed E-state index contributed by atoms with van der Waals surface area (Å²) in [5.74, 6) is 3.41. The van der Waals surface area contributed by atoms with Crippen LogP contribution in [0.15, 0.2) is 35.1 Å². The highest BCUT2D eigenvalue weighted by molar-refractivity contribution is 5.91. The lowest BCUT2D eigenvalue weighted by Gasteiger charge is -2.19. The SMILES string of the molecule is CCCc1[nH]c(=O)c(Cc2cc3cc4c(cc3nc2N(C)C)OCO4)c2cc(OC)c(OC)cc12.Cl.Cl. The Morgan fingerprint density at radius 2 is 1.62 bits per heavy atom. The molecule has 2 aromatic carbocycles. The van der Waals surface area contributed by atoms with E-state index < -0.39 is 0 Å². The fraction of sp³-hybridized carbons (Fsp3) is 0.333. The molecule has 8 nitrogen and oxygen atoms in total. The van der Waals surface area contributed by atoms with Crippen LogP contribution in [0.4, 0.5) is 5.82 Å². The molecule has 198 valence electrons. The van der Waals surface area contributed by atoms with Crippen molar-refractivity contribution in [3.8, 4) is 23.0 Å². The Morgan fingerprint density at radius 3 is 2.24 bits per heavy atom. The predicted octanol–water partition coefficient (Wildman–Crippen LogP) is 5.28. The van der Waals surface area contributed by atoms with E-state index in [1.165, 1.54) is 0 Å². The topological polar surface area (TPSA) is 85.9 Å². The number of hydrogen-bond donors (Lipinski definition) is 1. The third kappa shape index (κ3) is 5.08. The van der Waals surface area contributed by atoms with E-state index in [1.807, 2.05) is 43.3 Å². The normalized spacial score (nSPS) is 11.7. The van der Waals surface area contributed by atoms with Crippen LogP contribution in [0, 0.1) is 0 Å². The van der Waals surface area contributed by atoms with E-state index >= 15 is 0 Å². The van der Waals surface area contributed by atoms with Crippen molar-refractivity contribution in [1.29, 1.82) is 0 Å². The first-order chi connectivity index (χ1) is 16.9. The first kappa shape index (κ1) is 28.2. The number of aromatic amines is 1. The summed E-state index contributed by atoms with van der Waals surface area (Å²) in [6.07, 6.45) is 2.07. The number of nitrogens with zero attached hydrogens (tertiary/aromatic N) is 2. The minimum atomic E-state index is -0.108. The van der Waals surface area contributed by atoms with Gasteiger partial charge in [0.05, 0.1) is 19.7 Å². The summed E-state index contributed by atoms with van der Waals surface area (Å²) in [7, 11) is 7.12. The number of ether oxygens (including phenoxy) is 4. The molecule has 37 heavy (non-hydrogen) atoms. The molecule has 1 aliphatic rings. The zero-order valence-corrected chi connectivity index (χ0v) is 23.1. The van der Waals surface area contributed by atoms with E-state index in [-0.39, 0.29) is 37.2 Å². The second-order valence-corrected chi connectivity index (χ2v) is 8.85. The lowest BCUT2D eigenvalue weighted by Crippen LogP contribution is -2.19. The van der Waals surface area contributed by atoms with Crippen LogP contribution < -0.4 is 29.4 Å². The Labute approximate surface area is 227 Å². The summed E-state index contributed by atoms with van der Waals surface area (Å²) >= 11 is 0. The third-order valence-corrected chi connectivity index (χ3v) is 6.37. The summed E-state index contributed by atoms with van der Waals surface area (Å²) < 4.78 is 22.2. The number of aryl methyl sites for hydroxylation is 1. The highest BCUT2D eigenvalue weighted by Crippen LogP contribution is 2.38. The van der Waals surface area contributed by atoms with Gasteiger partial charge in [0.25, 0.3) is 5.56 Å². The average molecular weight is 548 g/mol. The van der Waals surface area contributed by atoms with Crippen molar-refractivity contribution in [2.75, 3.05) is 40.0 Å². The highest BCUT2D eigenvalue weighted by Gasteiger charge is 2.20. The number of benzene rings is 2. The van der Waals surface area contributed by atoms with E-state index in [1.54, 1.807) is 14.2 Å². The zero-order chi connectivity index (χ0) is 24.7. The summed E-state index contributed by atoms with van der Waals surface area (Å²) in [6.45, 7) is 2.30. The molecule has 0 saturated heterocycles. The zero-order valence-electron chi connectivity index (χ0n) is 21.5. The molecule has 2 aromatic heterocycles. The molecule has 4 aromatic rings. The molecular formula is C27H31Cl2N3O5. The van der Waals surface area contributed by atoms with Gasteiger partial charge in [0.2, 0.25) is 6.79 Å². The number of fused-ring (bicyclic) bond motifs is 3. The van der Waals surface area contributed by atoms with Crippen LogP contribution in [0.1, 0.15) is 30.2 Å². The summed E-state index contributed by atoms with van der Waals surface area (Å²) in [5, 5.41) is 2.74. The maximum Gasteiger partial charge on any atom is 0.252 e. The Balaban J connectivity index is 0.00000190. The van der Waals surface area contributed by atoms with Crippen molar-refractivity contribution in [1.82, 2.24) is 9.97 Å². The summed E-state index contributed by atoms with van der Waals surface area (Å²) in [4.78, 5) is 23.4. The number of H-pyrrole nitrogens is 1. The van der Waals surface area contributed by atoms with Gasteiger partial charge in [-0.25, -0.2) is 4.98 Å². The van der Waals surface area contributed by atoms with Gasteiger partial charge in [-0.3, -0.25) is 4.79 Å². The molecule has 0 saturated carbocycles. The van der Waals surface area contributed by atoms with Gasteiger partial charge in [-0.05, 0) is 41.6 Å². The monoisotopic (exact) mass is 547 g/mol. The van der Waals surface area contributed by atoms with E-state index in [0.717, 1.165) is 51.6 Å². The van der Waals surface area contributed by atoms with E-state index in [9.17, 15) is 4.79 Å². The fourth-order valence-electron chi connectivity index (χ4n) is 4.71. The summed E-state index contributed by atoms with van der Waals surface area (Å²) in [5.41, 5.74) is 3.19. The Hall–Kier alpha value is -3.36. The average Bonchev–Trinajstić information content (AvgIpc) is 3.30. The van der Waals surface area contributed by atoms with Gasteiger partial charge in [-0.1, -0.05) is 13.3 Å². The molecular weight excluding hydrogens is 517 g/mol. The van der Waals surface area contributed by atoms with E-state index in [4.69, 9.17) is 23.9 Å². The second kappa shape index (κ2) is 11.4. The van der Waals surface area contributed by atoms with E-state index in [2.05, 4.69) is 18.0 Å². The molecule has 0 atom stereocenters. The third-order valence-electron chi connectivity index (χ3n) is 6.37. The van der Waals surface area contributed by atoms with Gasteiger partial charge in [0.15, 0.2) is 23.0 Å². The number of nitrogens with one attached hydrogen (secondary N) is 1. The lowest BCUT2D eigenvalue weighted by molar-refractivity contribution is 0.174. The smallest absolute Gasteiger partial charge is 0.252 e. The molecule has 10 heteroatoms. The van der Waals surface area contributed by atoms with Gasteiger partial charge in [0, 0.05) is 48.6 Å². The molecule has 0 radical (unpaired) electrons. The lowest BCUT2D eigenvalue weighted by atomic mass is 9.96. The van der Waals surface area contributed by atoms with Crippen LogP contribution in [-0.2, 0) is 12.8 Å². The molecule has 0 bridgehead atoms. The number of anilines is 1. The van der Waals surface area contributed by atoms with Crippen LogP contribution in [0.2, 0.25) is 0 Å². The van der Waals surface area contributed by atoms with Crippen LogP contribution >= 0.6 is 24.8 Å². The Bertz CT molecular complexity index is 1500. The van der Waals surface area contributed by atoms with Gasteiger partial charge in [-0.15, -0.1) is 24.8 Å². The molecule has 1 aliphatic heterocycles. The van der Waals surface area contributed by atoms with Gasteiger partial charge in [0.1, 0.15) is 5.82 Å². The molecule has 3 heterocycles. The number of aromatic nitrogens is 2. The van der Waals surface area contributed by atoms with Crippen LogP contribution in [-0.4, -0.2) is 45.1 Å². The van der Waals surface area contributed by atoms with Gasteiger partial charge >= 0.3 is 0 Å². The molecule has 0 aliphatic carbocycles. The molecule has 1 N–H and O–H groups in total. The van der Waals surface area contributed by atoms with Gasteiger partial charge in [-0.2, -0.15) is 0 Å². The van der Waals surface area contributed by atoms with E-state index in [0.29, 0.717) is 35.0 Å². The quantitative estimate of drug-likeness (QED) is 0.337. The second-order valence-electron chi connectivity index (χ2n) is 8.85. The number of hydrogen-bond acceptors (Lipinski definition) is 7. The van der Waals surface area contributed by atoms with Crippen molar-refractivity contribution in [3.63, 3.8) is 0 Å². The minimum Gasteiger partial charge on any atom is -0.493 e. The van der Waals surface area contributed by atoms with Crippen LogP contribution in [0.25, 0.3) is 21.7 Å². The first-order valence-corrected chi connectivity index (χ1v) is 11.6. The molecule has 5 rings (SSSR count). The summed E-state index contributed by atoms with van der Waals surface area (Å²) in [6, 6.07) is 9.76. The fourth-order valence-corrected chi connectivity index (χ4v) is 4.71. The Morgan fingerprint density at radius 1 is 0.973 bits per heavy atom. The standard InChI is InChI=1S/C27H29N3O5.2ClH/c1-6-7-20-18-12-23(33-5)22(32-4)11-17(18)19(27(31)29-20)9-16-8-15-10-24-25(35-14-34-24)13-21(15)28-26(16)30(2)3;;/h8,10-13H,6-7,9,14H2,1-5H3,(H,29,31);2*1H. The first-order valence-electron chi connectivity index (χ1n) is 11.6. The molecule has 0 fully saturated rings. The van der Waals surface area contributed by atoms with Crippen molar-refractivity contribution >= 4 is 52.3 Å². The number of methoxy groups -OCH3 is 2. The molecule has 0 unspecified atom stereocenters. The van der Waals surface area contributed by atoms with Crippen LogP contribution in [0.3, 0.4) is 0 Å².